The number of fused-ring (bicyclic) bond motifs is 1. The molecule has 7 rings (SSSR count). The first-order valence-electron chi connectivity index (χ1n) is 14.0. The number of aryl methyl sites for hydroxylation is 2. The Morgan fingerprint density at radius 1 is 0.628 bits per heavy atom. The minimum absolute atomic E-state index is 0. The van der Waals surface area contributed by atoms with Crippen molar-refractivity contribution >= 4 is 5.65 Å². The van der Waals surface area contributed by atoms with E-state index in [0.717, 1.165) is 45.0 Å². The van der Waals surface area contributed by atoms with Crippen molar-refractivity contribution in [1.82, 2.24) is 14.4 Å². The predicted molar refractivity (Wildman–Crippen MR) is 170 cm³/mol. The molecule has 0 aliphatic heterocycles. The number of phenolic OH excluding ortho intramolecular Hbond substituents is 1. The molecule has 0 fully saturated rings. The molecule has 4 aromatic carbocycles. The normalized spacial score (nSPS) is 10.9. The zero-order valence-electron chi connectivity index (χ0n) is 23.7. The fourth-order valence-electron chi connectivity index (χ4n) is 5.72. The summed E-state index contributed by atoms with van der Waals surface area (Å²) in [6, 6.07) is 44.0. The molecule has 0 radical (unpaired) electrons. The van der Waals surface area contributed by atoms with E-state index in [1.807, 2.05) is 72.9 Å². The van der Waals surface area contributed by atoms with Gasteiger partial charge < -0.3 is 9.51 Å². The van der Waals surface area contributed by atoms with Gasteiger partial charge in [0, 0.05) is 49.9 Å². The number of aromatic hydroxyl groups is 1. The molecule has 4 nitrogen and oxygen atoms in total. The number of nitrogens with zero attached hydrogens (tertiary/aromatic N) is 3. The number of aromatic nitrogens is 3. The molecule has 0 bridgehead atoms. The number of pyridine rings is 2. The van der Waals surface area contributed by atoms with Crippen LogP contribution in [0.3, 0.4) is 0 Å². The molecule has 5 heteroatoms. The number of imidazole rings is 1. The number of para-hydroxylation sites is 1. The van der Waals surface area contributed by atoms with E-state index in [9.17, 15) is 5.11 Å². The van der Waals surface area contributed by atoms with E-state index in [1.54, 1.807) is 6.07 Å². The van der Waals surface area contributed by atoms with Gasteiger partial charge in [0.25, 0.3) is 0 Å². The summed E-state index contributed by atoms with van der Waals surface area (Å²) in [6.45, 7) is 4.26. The Morgan fingerprint density at radius 2 is 1.30 bits per heavy atom. The summed E-state index contributed by atoms with van der Waals surface area (Å²) in [7, 11) is 0. The predicted octanol–water partition coefficient (Wildman–Crippen LogP) is 9.18. The summed E-state index contributed by atoms with van der Waals surface area (Å²) in [5.74, 6) is 0.199. The molecule has 3 heterocycles. The van der Waals surface area contributed by atoms with Gasteiger partial charge in [0.05, 0.1) is 5.69 Å². The van der Waals surface area contributed by atoms with Crippen molar-refractivity contribution in [2.45, 2.75) is 13.8 Å². The van der Waals surface area contributed by atoms with E-state index in [-0.39, 0.29) is 26.8 Å². The third-order valence-electron chi connectivity index (χ3n) is 7.68. The smallest absolute Gasteiger partial charge is 0.129 e. The average molecular weight is 738 g/mol. The Hall–Kier alpha value is -4.79. The van der Waals surface area contributed by atoms with Crippen molar-refractivity contribution in [1.29, 1.82) is 0 Å². The molecule has 0 unspecified atom stereocenters. The minimum atomic E-state index is 0. The van der Waals surface area contributed by atoms with E-state index in [0.29, 0.717) is 11.3 Å². The molecule has 0 saturated carbocycles. The molecular formula is C38H28N3OPt-. The molecule has 43 heavy (non-hydrogen) atoms. The van der Waals surface area contributed by atoms with E-state index >= 15 is 0 Å². The summed E-state index contributed by atoms with van der Waals surface area (Å²) in [5.41, 5.74) is 12.3. The van der Waals surface area contributed by atoms with Crippen LogP contribution >= 0.6 is 0 Å². The van der Waals surface area contributed by atoms with Crippen LogP contribution in [0.15, 0.2) is 128 Å². The maximum atomic E-state index is 10.7. The van der Waals surface area contributed by atoms with Crippen molar-refractivity contribution in [3.05, 3.63) is 145 Å². The summed E-state index contributed by atoms with van der Waals surface area (Å²) in [6.07, 6.45) is 2.05. The second-order valence-electron chi connectivity index (χ2n) is 10.5. The van der Waals surface area contributed by atoms with Crippen LogP contribution in [0.25, 0.3) is 61.8 Å². The van der Waals surface area contributed by atoms with Gasteiger partial charge in [-0.1, -0.05) is 83.9 Å². The van der Waals surface area contributed by atoms with Gasteiger partial charge in [-0.2, -0.15) is 0 Å². The van der Waals surface area contributed by atoms with Gasteiger partial charge in [-0.25, -0.2) is 0 Å². The largest absolute Gasteiger partial charge is 0.507 e. The summed E-state index contributed by atoms with van der Waals surface area (Å²) in [4.78, 5) is 10.1. The molecular weight excluding hydrogens is 710 g/mol. The first-order valence-corrected chi connectivity index (χ1v) is 14.0. The fourth-order valence-corrected chi connectivity index (χ4v) is 5.72. The number of phenols is 1. The topological polar surface area (TPSA) is 50.4 Å². The number of rotatable bonds is 5. The second kappa shape index (κ2) is 11.8. The van der Waals surface area contributed by atoms with Gasteiger partial charge in [0.15, 0.2) is 0 Å². The number of benzene rings is 4. The third kappa shape index (κ3) is 5.31. The summed E-state index contributed by atoms with van der Waals surface area (Å²) >= 11 is 0. The van der Waals surface area contributed by atoms with Crippen molar-refractivity contribution in [3.63, 3.8) is 0 Å². The molecule has 0 amide bonds. The number of hydrogen-bond acceptors (Lipinski definition) is 3. The van der Waals surface area contributed by atoms with Crippen molar-refractivity contribution in [2.24, 2.45) is 0 Å². The molecule has 0 spiro atoms. The molecule has 0 aliphatic carbocycles. The first-order chi connectivity index (χ1) is 20.6. The fraction of sp³-hybridized carbons (Fsp3) is 0.0526. The molecule has 212 valence electrons. The van der Waals surface area contributed by atoms with Crippen LogP contribution in [0.1, 0.15) is 11.1 Å². The van der Waals surface area contributed by atoms with Gasteiger partial charge in [-0.3, -0.25) is 9.97 Å². The van der Waals surface area contributed by atoms with Crippen LogP contribution in [-0.4, -0.2) is 19.5 Å². The third-order valence-corrected chi connectivity index (χ3v) is 7.68. The standard InChI is InChI=1S/C38H28N3O.Pt/c1-25-12-10-13-26(2)36(25)30-23-32(39-33(24-30)31-18-6-7-19-34(31)42)28-16-11-17-29(22-28)37-38(27-14-4-3-5-15-27)41-21-9-8-20-35(41)40-37;/h3-21,23-24,42H,1-2H3;/q-1;. The van der Waals surface area contributed by atoms with Crippen molar-refractivity contribution < 1.29 is 26.2 Å². The maximum Gasteiger partial charge on any atom is 0.129 e. The van der Waals surface area contributed by atoms with E-state index in [2.05, 4.69) is 72.8 Å². The Morgan fingerprint density at radius 3 is 2.09 bits per heavy atom. The van der Waals surface area contributed by atoms with Crippen LogP contribution in [0, 0.1) is 19.9 Å². The van der Waals surface area contributed by atoms with Crippen LogP contribution in [0.2, 0.25) is 0 Å². The Balaban J connectivity index is 0.00000329. The Bertz CT molecular complexity index is 2060. The van der Waals surface area contributed by atoms with E-state index in [1.165, 1.54) is 16.7 Å². The Labute approximate surface area is 265 Å². The zero-order valence-corrected chi connectivity index (χ0v) is 26.0. The van der Waals surface area contributed by atoms with Crippen LogP contribution in [0.4, 0.5) is 0 Å². The monoisotopic (exact) mass is 737 g/mol. The molecule has 7 aromatic rings. The molecule has 0 aliphatic rings. The van der Waals surface area contributed by atoms with Gasteiger partial charge >= 0.3 is 0 Å². The SMILES string of the molecule is Cc1cccc(C)c1-c1cc(-c2[c-]c(-c3nc4ccccn4c3-c3ccccc3)ccc2)nc(-c2ccccc2O)c1.[Pt]. The second-order valence-corrected chi connectivity index (χ2v) is 10.5. The van der Waals surface area contributed by atoms with Crippen LogP contribution in [-0.2, 0) is 21.1 Å². The van der Waals surface area contributed by atoms with E-state index < -0.39 is 0 Å². The average Bonchev–Trinajstić information content (AvgIpc) is 3.41. The van der Waals surface area contributed by atoms with Gasteiger partial charge in [0.1, 0.15) is 11.4 Å². The molecule has 0 saturated heterocycles. The van der Waals surface area contributed by atoms with Gasteiger partial charge in [0.2, 0.25) is 0 Å². The van der Waals surface area contributed by atoms with Gasteiger partial charge in [-0.15, -0.1) is 24.3 Å². The maximum absolute atomic E-state index is 10.7. The van der Waals surface area contributed by atoms with Crippen molar-refractivity contribution in [2.75, 3.05) is 0 Å². The zero-order chi connectivity index (χ0) is 28.6. The van der Waals surface area contributed by atoms with E-state index in [4.69, 9.17) is 9.97 Å². The summed E-state index contributed by atoms with van der Waals surface area (Å²) < 4.78 is 2.13. The van der Waals surface area contributed by atoms with Crippen LogP contribution in [0.5, 0.6) is 5.75 Å². The molecule has 3 aromatic heterocycles. The Kier molecular flexibility index (Phi) is 7.80. The van der Waals surface area contributed by atoms with Gasteiger partial charge in [-0.05, 0) is 72.0 Å². The molecule has 1 N–H and O–H groups in total. The summed E-state index contributed by atoms with van der Waals surface area (Å²) in [5, 5.41) is 10.7. The first kappa shape index (κ1) is 28.3. The van der Waals surface area contributed by atoms with Crippen LogP contribution < -0.4 is 0 Å². The minimum Gasteiger partial charge on any atom is -0.507 e. The molecule has 0 atom stereocenters. The number of hydrogen-bond donors (Lipinski definition) is 1. The van der Waals surface area contributed by atoms with Crippen molar-refractivity contribution in [3.8, 4) is 61.9 Å². The quantitative estimate of drug-likeness (QED) is 0.179.